The average Bonchev–Trinajstić information content (AvgIpc) is 3.55. The Morgan fingerprint density at radius 3 is 2.14 bits per heavy atom. The Hall–Kier alpha value is -4.54. The van der Waals surface area contributed by atoms with Crippen LogP contribution in [0.3, 0.4) is 0 Å². The van der Waals surface area contributed by atoms with E-state index < -0.39 is 0 Å². The molecule has 168 valence electrons. The zero-order valence-electron chi connectivity index (χ0n) is 19.2. The first-order valence-corrected chi connectivity index (χ1v) is 12.9. The van der Waals surface area contributed by atoms with Crippen LogP contribution in [0, 0.1) is 0 Å². The highest BCUT2D eigenvalue weighted by Gasteiger charge is 2.19. The van der Waals surface area contributed by atoms with Crippen LogP contribution < -0.4 is 0 Å². The van der Waals surface area contributed by atoms with Crippen LogP contribution in [-0.4, -0.2) is 14.5 Å². The van der Waals surface area contributed by atoms with E-state index in [1.165, 1.54) is 32.3 Å². The highest BCUT2D eigenvalue weighted by atomic mass is 32.1. The lowest BCUT2D eigenvalue weighted by Crippen LogP contribution is -2.02. The molecule has 0 N–H and O–H groups in total. The number of aromatic nitrogens is 3. The molecule has 0 saturated carbocycles. The van der Waals surface area contributed by atoms with E-state index in [4.69, 9.17) is 9.97 Å². The summed E-state index contributed by atoms with van der Waals surface area (Å²) in [6.45, 7) is 0. The molecule has 0 aliphatic heterocycles. The molecule has 0 aliphatic rings. The molecule has 3 heterocycles. The molecule has 0 radical (unpaired) electrons. The SMILES string of the molecule is c1ccc2c(-c3nc(-n4c5ccccc5c5c6ccccc6ccc54)nc4cscc34)cccc2c1. The smallest absolute Gasteiger partial charge is 0.235 e. The van der Waals surface area contributed by atoms with E-state index in [1.54, 1.807) is 11.3 Å². The maximum Gasteiger partial charge on any atom is 0.235 e. The summed E-state index contributed by atoms with van der Waals surface area (Å²) in [5.41, 5.74) is 5.31. The minimum absolute atomic E-state index is 0.699. The van der Waals surface area contributed by atoms with Crippen LogP contribution in [0.4, 0.5) is 0 Å². The van der Waals surface area contributed by atoms with Crippen molar-refractivity contribution in [3.63, 3.8) is 0 Å². The van der Waals surface area contributed by atoms with Gasteiger partial charge in [0.1, 0.15) is 0 Å². The van der Waals surface area contributed by atoms with Crippen molar-refractivity contribution in [2.24, 2.45) is 0 Å². The molecule has 0 spiro atoms. The largest absolute Gasteiger partial charge is 0.278 e. The molecule has 0 fully saturated rings. The number of nitrogens with zero attached hydrogens (tertiary/aromatic N) is 3. The Kier molecular flexibility index (Phi) is 4.10. The van der Waals surface area contributed by atoms with Crippen LogP contribution in [0.1, 0.15) is 0 Å². The van der Waals surface area contributed by atoms with Gasteiger partial charge in [-0.25, -0.2) is 9.97 Å². The summed E-state index contributed by atoms with van der Waals surface area (Å²) in [7, 11) is 0. The van der Waals surface area contributed by atoms with Gasteiger partial charge < -0.3 is 0 Å². The molecular weight excluding hydrogens is 458 g/mol. The Bertz CT molecular complexity index is 2110. The first kappa shape index (κ1) is 19.7. The van der Waals surface area contributed by atoms with Crippen molar-refractivity contribution in [2.75, 3.05) is 0 Å². The minimum Gasteiger partial charge on any atom is -0.278 e. The third-order valence-electron chi connectivity index (χ3n) is 7.14. The molecule has 36 heavy (non-hydrogen) atoms. The highest BCUT2D eigenvalue weighted by molar-refractivity contribution is 7.09. The molecule has 3 nitrogen and oxygen atoms in total. The van der Waals surface area contributed by atoms with E-state index in [9.17, 15) is 0 Å². The molecule has 0 aliphatic carbocycles. The lowest BCUT2D eigenvalue weighted by Gasteiger charge is -2.12. The monoisotopic (exact) mass is 477 g/mol. The first-order valence-electron chi connectivity index (χ1n) is 12.0. The molecule has 5 aromatic carbocycles. The number of hydrogen-bond acceptors (Lipinski definition) is 3. The summed E-state index contributed by atoms with van der Waals surface area (Å²) in [5.74, 6) is 0.699. The molecule has 0 atom stereocenters. The topological polar surface area (TPSA) is 30.7 Å². The second kappa shape index (κ2) is 7.48. The van der Waals surface area contributed by atoms with Gasteiger partial charge in [-0.2, -0.15) is 0 Å². The van der Waals surface area contributed by atoms with Gasteiger partial charge in [-0.15, -0.1) is 11.3 Å². The second-order valence-corrected chi connectivity index (χ2v) is 9.85. The fraction of sp³-hybridized carbons (Fsp3) is 0. The summed E-state index contributed by atoms with van der Waals surface area (Å²) in [6.07, 6.45) is 0. The van der Waals surface area contributed by atoms with Crippen LogP contribution >= 0.6 is 11.3 Å². The van der Waals surface area contributed by atoms with Gasteiger partial charge in [0.25, 0.3) is 0 Å². The van der Waals surface area contributed by atoms with E-state index >= 15 is 0 Å². The van der Waals surface area contributed by atoms with Gasteiger partial charge in [-0.05, 0) is 33.7 Å². The van der Waals surface area contributed by atoms with Crippen molar-refractivity contribution in [3.05, 3.63) is 114 Å². The van der Waals surface area contributed by atoms with Crippen LogP contribution in [-0.2, 0) is 0 Å². The maximum absolute atomic E-state index is 5.27. The van der Waals surface area contributed by atoms with Gasteiger partial charge in [-0.1, -0.05) is 91.0 Å². The van der Waals surface area contributed by atoms with Gasteiger partial charge in [0.05, 0.1) is 22.2 Å². The maximum atomic E-state index is 5.27. The van der Waals surface area contributed by atoms with Crippen LogP contribution in [0.15, 0.2) is 114 Å². The Morgan fingerprint density at radius 2 is 1.25 bits per heavy atom. The van der Waals surface area contributed by atoms with Gasteiger partial charge in [-0.3, -0.25) is 4.57 Å². The summed E-state index contributed by atoms with van der Waals surface area (Å²) in [4.78, 5) is 10.4. The second-order valence-electron chi connectivity index (χ2n) is 9.10. The molecule has 4 heteroatoms. The van der Waals surface area contributed by atoms with Crippen molar-refractivity contribution in [3.8, 4) is 17.2 Å². The normalized spacial score (nSPS) is 11.9. The van der Waals surface area contributed by atoms with E-state index in [1.807, 2.05) is 0 Å². The Labute approximate surface area is 210 Å². The van der Waals surface area contributed by atoms with Crippen LogP contribution in [0.5, 0.6) is 0 Å². The number of benzene rings is 5. The summed E-state index contributed by atoms with van der Waals surface area (Å²) < 4.78 is 2.23. The molecule has 8 aromatic rings. The summed E-state index contributed by atoms with van der Waals surface area (Å²) in [5, 5.41) is 12.7. The van der Waals surface area contributed by atoms with Crippen molar-refractivity contribution in [1.82, 2.24) is 14.5 Å². The summed E-state index contributed by atoms with van der Waals surface area (Å²) >= 11 is 1.67. The standard InChI is InChI=1S/C32H19N3S/c1-3-11-22-20(8-1)10-7-14-24(22)31-26-18-36-19-27(26)33-32(34-31)35-28-15-6-5-13-25(28)30-23-12-4-2-9-21(23)16-17-29(30)35/h1-19H. The quantitative estimate of drug-likeness (QED) is 0.249. The molecule has 0 amide bonds. The predicted molar refractivity (Wildman–Crippen MR) is 152 cm³/mol. The molecule has 0 saturated heterocycles. The van der Waals surface area contributed by atoms with Crippen molar-refractivity contribution >= 4 is 65.6 Å². The minimum atomic E-state index is 0.699. The Balaban J connectivity index is 1.51. The third kappa shape index (κ3) is 2.73. The summed E-state index contributed by atoms with van der Waals surface area (Å²) in [6, 6.07) is 36.5. The highest BCUT2D eigenvalue weighted by Crippen LogP contribution is 2.38. The molecule has 0 unspecified atom stereocenters. The zero-order chi connectivity index (χ0) is 23.6. The van der Waals surface area contributed by atoms with Crippen molar-refractivity contribution in [2.45, 2.75) is 0 Å². The number of para-hydroxylation sites is 1. The first-order chi connectivity index (χ1) is 17.9. The van der Waals surface area contributed by atoms with Gasteiger partial charge in [0.2, 0.25) is 5.95 Å². The molecular formula is C32H19N3S. The lowest BCUT2D eigenvalue weighted by atomic mass is 10.0. The Morgan fingerprint density at radius 1 is 0.528 bits per heavy atom. The van der Waals surface area contributed by atoms with E-state index in [0.717, 1.165) is 33.2 Å². The lowest BCUT2D eigenvalue weighted by molar-refractivity contribution is 1.02. The van der Waals surface area contributed by atoms with E-state index in [0.29, 0.717) is 5.95 Å². The number of fused-ring (bicyclic) bond motifs is 7. The van der Waals surface area contributed by atoms with Gasteiger partial charge in [0.15, 0.2) is 0 Å². The van der Waals surface area contributed by atoms with Gasteiger partial charge >= 0.3 is 0 Å². The molecule has 0 bridgehead atoms. The third-order valence-corrected chi connectivity index (χ3v) is 7.87. The van der Waals surface area contributed by atoms with Crippen molar-refractivity contribution < 1.29 is 0 Å². The van der Waals surface area contributed by atoms with Crippen molar-refractivity contribution in [1.29, 1.82) is 0 Å². The number of thiophene rings is 1. The fourth-order valence-corrected chi connectivity index (χ4v) is 6.28. The van der Waals surface area contributed by atoms with E-state index in [-0.39, 0.29) is 0 Å². The van der Waals surface area contributed by atoms with Gasteiger partial charge in [0, 0.05) is 32.5 Å². The van der Waals surface area contributed by atoms with Crippen LogP contribution in [0.25, 0.3) is 71.5 Å². The average molecular weight is 478 g/mol. The predicted octanol–water partition coefficient (Wildman–Crippen LogP) is 8.76. The molecule has 3 aromatic heterocycles. The fourth-order valence-electron chi connectivity index (χ4n) is 5.54. The molecule has 8 rings (SSSR count). The zero-order valence-corrected chi connectivity index (χ0v) is 20.0. The van der Waals surface area contributed by atoms with Crippen LogP contribution in [0.2, 0.25) is 0 Å². The number of rotatable bonds is 2. The number of hydrogen-bond donors (Lipinski definition) is 0. The van der Waals surface area contributed by atoms with E-state index in [2.05, 4.69) is 118 Å².